The van der Waals surface area contributed by atoms with E-state index in [-0.39, 0.29) is 12.2 Å². The third-order valence-corrected chi connectivity index (χ3v) is 4.76. The second kappa shape index (κ2) is 8.21. The number of aryl methyl sites for hydroxylation is 1. The molecule has 3 aromatic rings. The van der Waals surface area contributed by atoms with Gasteiger partial charge < -0.3 is 15.2 Å². The Hall–Kier alpha value is -2.93. The summed E-state index contributed by atoms with van der Waals surface area (Å²) in [4.78, 5) is 12.2. The molecule has 1 aromatic heterocycles. The van der Waals surface area contributed by atoms with Crippen LogP contribution in [0.1, 0.15) is 22.5 Å². The molecular weight excluding hydrogens is 403 g/mol. The molecule has 0 unspecified atom stereocenters. The fraction of sp³-hybridized carbons (Fsp3) is 0.190. The highest BCUT2D eigenvalue weighted by molar-refractivity contribution is 6.30. The number of halogens is 4. The molecule has 29 heavy (non-hydrogen) atoms. The number of aromatic nitrogens is 1. The van der Waals surface area contributed by atoms with E-state index in [0.717, 1.165) is 28.7 Å². The van der Waals surface area contributed by atoms with E-state index in [1.54, 1.807) is 6.07 Å². The van der Waals surface area contributed by atoms with Crippen molar-refractivity contribution in [2.75, 3.05) is 5.32 Å². The van der Waals surface area contributed by atoms with Crippen molar-refractivity contribution in [2.45, 2.75) is 26.6 Å². The Morgan fingerprint density at radius 2 is 1.79 bits per heavy atom. The molecule has 1 heterocycles. The smallest absolute Gasteiger partial charge is 0.334 e. The highest BCUT2D eigenvalue weighted by atomic mass is 35.5. The summed E-state index contributed by atoms with van der Waals surface area (Å²) >= 11 is 6.07. The second-order valence-corrected chi connectivity index (χ2v) is 7.00. The minimum absolute atomic E-state index is 0.167. The Balaban J connectivity index is 1.73. The van der Waals surface area contributed by atoms with Gasteiger partial charge in [-0.3, -0.25) is 0 Å². The summed E-state index contributed by atoms with van der Waals surface area (Å²) in [5.41, 5.74) is 2.41. The molecule has 0 saturated carbocycles. The van der Waals surface area contributed by atoms with E-state index in [4.69, 9.17) is 11.6 Å². The number of nitrogens with one attached hydrogen (secondary N) is 2. The van der Waals surface area contributed by atoms with Gasteiger partial charge in [-0.25, -0.2) is 4.79 Å². The molecular formula is C21H19ClF3N3O. The summed E-state index contributed by atoms with van der Waals surface area (Å²) in [6, 6.07) is 13.4. The van der Waals surface area contributed by atoms with Gasteiger partial charge >= 0.3 is 12.2 Å². The minimum Gasteiger partial charge on any atom is -0.334 e. The molecule has 4 nitrogen and oxygen atoms in total. The molecule has 0 atom stereocenters. The van der Waals surface area contributed by atoms with E-state index in [1.165, 1.54) is 18.2 Å². The zero-order valence-electron chi connectivity index (χ0n) is 15.8. The van der Waals surface area contributed by atoms with Crippen LogP contribution in [0.3, 0.4) is 0 Å². The lowest BCUT2D eigenvalue weighted by atomic mass is 10.1. The van der Waals surface area contributed by atoms with Crippen molar-refractivity contribution in [2.24, 2.45) is 0 Å². The van der Waals surface area contributed by atoms with Crippen molar-refractivity contribution in [3.63, 3.8) is 0 Å². The van der Waals surface area contributed by atoms with Crippen LogP contribution in [0.4, 0.5) is 23.7 Å². The number of carbonyl (C=O) groups excluding carboxylic acids is 1. The molecule has 2 amide bonds. The molecule has 0 bridgehead atoms. The molecule has 0 aliphatic rings. The first-order valence-corrected chi connectivity index (χ1v) is 9.19. The minimum atomic E-state index is -4.55. The van der Waals surface area contributed by atoms with Gasteiger partial charge in [0.2, 0.25) is 0 Å². The Morgan fingerprint density at radius 1 is 1.07 bits per heavy atom. The lowest BCUT2D eigenvalue weighted by Gasteiger charge is -2.14. The molecule has 0 spiro atoms. The van der Waals surface area contributed by atoms with Gasteiger partial charge in [-0.2, -0.15) is 13.2 Å². The Labute approximate surface area is 171 Å². The number of amides is 2. The molecule has 8 heteroatoms. The SMILES string of the molecule is Cc1cc(CNC(=O)Nc2ccccc2C(F)(F)F)c(C)n1-c1cccc(Cl)c1. The van der Waals surface area contributed by atoms with E-state index in [2.05, 4.69) is 10.6 Å². The number of anilines is 1. The van der Waals surface area contributed by atoms with Crippen LogP contribution in [0.15, 0.2) is 54.6 Å². The van der Waals surface area contributed by atoms with Crippen LogP contribution in [-0.4, -0.2) is 10.6 Å². The van der Waals surface area contributed by atoms with E-state index >= 15 is 0 Å². The van der Waals surface area contributed by atoms with Crippen LogP contribution in [0.25, 0.3) is 5.69 Å². The average molecular weight is 422 g/mol. The highest BCUT2D eigenvalue weighted by Gasteiger charge is 2.33. The second-order valence-electron chi connectivity index (χ2n) is 6.56. The number of benzene rings is 2. The predicted octanol–water partition coefficient (Wildman–Crippen LogP) is 6.09. The number of rotatable bonds is 4. The van der Waals surface area contributed by atoms with Crippen molar-refractivity contribution < 1.29 is 18.0 Å². The van der Waals surface area contributed by atoms with Gasteiger partial charge in [-0.15, -0.1) is 0 Å². The number of urea groups is 1. The topological polar surface area (TPSA) is 46.1 Å². The first-order valence-electron chi connectivity index (χ1n) is 8.81. The summed E-state index contributed by atoms with van der Waals surface area (Å²) in [5, 5.41) is 5.50. The molecule has 0 radical (unpaired) electrons. The number of para-hydroxylation sites is 1. The summed E-state index contributed by atoms with van der Waals surface area (Å²) in [7, 11) is 0. The molecule has 2 N–H and O–H groups in total. The average Bonchev–Trinajstić information content (AvgIpc) is 2.93. The molecule has 0 aliphatic heterocycles. The Kier molecular flexibility index (Phi) is 5.88. The summed E-state index contributed by atoms with van der Waals surface area (Å²) in [6.45, 7) is 4.00. The van der Waals surface area contributed by atoms with E-state index in [0.29, 0.717) is 5.02 Å². The van der Waals surface area contributed by atoms with E-state index in [9.17, 15) is 18.0 Å². The highest BCUT2D eigenvalue weighted by Crippen LogP contribution is 2.34. The molecule has 3 rings (SSSR count). The standard InChI is InChI=1S/C21H19ClF3N3O/c1-13-10-15(14(2)28(13)17-7-5-6-16(22)11-17)12-26-20(29)27-19-9-4-3-8-18(19)21(23,24)25/h3-11H,12H2,1-2H3,(H2,26,27,29). The van der Waals surface area contributed by atoms with Gasteiger partial charge in [0.05, 0.1) is 11.3 Å². The number of hydrogen-bond acceptors (Lipinski definition) is 1. The molecule has 0 fully saturated rings. The normalized spacial score (nSPS) is 11.4. The largest absolute Gasteiger partial charge is 0.418 e. The Morgan fingerprint density at radius 3 is 2.48 bits per heavy atom. The van der Waals surface area contributed by atoms with Crippen LogP contribution < -0.4 is 10.6 Å². The van der Waals surface area contributed by atoms with Gasteiger partial charge in [0.15, 0.2) is 0 Å². The molecule has 152 valence electrons. The zero-order chi connectivity index (χ0) is 21.2. The van der Waals surface area contributed by atoms with Crippen molar-refractivity contribution in [3.05, 3.63) is 82.1 Å². The summed E-state index contributed by atoms with van der Waals surface area (Å²) in [6.07, 6.45) is -4.55. The van der Waals surface area contributed by atoms with Crippen molar-refractivity contribution in [3.8, 4) is 5.69 Å². The maximum Gasteiger partial charge on any atom is 0.418 e. The lowest BCUT2D eigenvalue weighted by molar-refractivity contribution is -0.136. The van der Waals surface area contributed by atoms with Crippen LogP contribution in [-0.2, 0) is 12.7 Å². The first kappa shape index (κ1) is 20.8. The predicted molar refractivity (Wildman–Crippen MR) is 108 cm³/mol. The Bertz CT molecular complexity index is 1040. The third kappa shape index (κ3) is 4.74. The zero-order valence-corrected chi connectivity index (χ0v) is 16.5. The van der Waals surface area contributed by atoms with Crippen molar-refractivity contribution in [1.82, 2.24) is 9.88 Å². The quantitative estimate of drug-likeness (QED) is 0.526. The van der Waals surface area contributed by atoms with Gasteiger partial charge in [-0.05, 0) is 55.8 Å². The molecule has 2 aromatic carbocycles. The lowest BCUT2D eigenvalue weighted by Crippen LogP contribution is -2.29. The van der Waals surface area contributed by atoms with Gasteiger partial charge in [-0.1, -0.05) is 29.8 Å². The van der Waals surface area contributed by atoms with Crippen LogP contribution in [0.5, 0.6) is 0 Å². The summed E-state index contributed by atoms with van der Waals surface area (Å²) < 4.78 is 41.2. The van der Waals surface area contributed by atoms with Crippen LogP contribution >= 0.6 is 11.6 Å². The van der Waals surface area contributed by atoms with Crippen LogP contribution in [0.2, 0.25) is 5.02 Å². The number of nitrogens with zero attached hydrogens (tertiary/aromatic N) is 1. The van der Waals surface area contributed by atoms with Crippen LogP contribution in [0, 0.1) is 13.8 Å². The van der Waals surface area contributed by atoms with Gasteiger partial charge in [0, 0.05) is 28.6 Å². The maximum atomic E-state index is 13.1. The third-order valence-electron chi connectivity index (χ3n) is 4.52. The monoisotopic (exact) mass is 421 g/mol. The summed E-state index contributed by atoms with van der Waals surface area (Å²) in [5.74, 6) is 0. The molecule has 0 saturated heterocycles. The van der Waals surface area contributed by atoms with E-state index in [1.807, 2.05) is 42.7 Å². The van der Waals surface area contributed by atoms with Gasteiger partial charge in [0.1, 0.15) is 0 Å². The number of alkyl halides is 3. The van der Waals surface area contributed by atoms with Crippen molar-refractivity contribution in [1.29, 1.82) is 0 Å². The first-order chi connectivity index (χ1) is 13.7. The van der Waals surface area contributed by atoms with Gasteiger partial charge in [0.25, 0.3) is 0 Å². The van der Waals surface area contributed by atoms with E-state index < -0.39 is 17.8 Å². The fourth-order valence-corrected chi connectivity index (χ4v) is 3.39. The molecule has 0 aliphatic carbocycles. The number of hydrogen-bond donors (Lipinski definition) is 2. The fourth-order valence-electron chi connectivity index (χ4n) is 3.20. The van der Waals surface area contributed by atoms with Crippen molar-refractivity contribution >= 4 is 23.3 Å². The number of carbonyl (C=O) groups is 1. The maximum absolute atomic E-state index is 13.1.